The molecular weight excluding hydrogens is 221 g/mol. The van der Waals surface area contributed by atoms with E-state index in [-0.39, 0.29) is 19.3 Å². The molecule has 0 rings (SSSR count). The summed E-state index contributed by atoms with van der Waals surface area (Å²) in [5.74, 6) is 0. The van der Waals surface area contributed by atoms with Crippen molar-refractivity contribution in [3.8, 4) is 6.07 Å². The van der Waals surface area contributed by atoms with E-state index in [0.29, 0.717) is 6.42 Å². The van der Waals surface area contributed by atoms with E-state index in [1.807, 2.05) is 13.0 Å². The van der Waals surface area contributed by atoms with E-state index < -0.39 is 12.6 Å². The molecule has 6 heteroatoms. The molecule has 0 saturated heterocycles. The van der Waals surface area contributed by atoms with Gasteiger partial charge in [0.05, 0.1) is 25.1 Å². The maximum atomic E-state index is 11.7. The van der Waals surface area contributed by atoms with Crippen LogP contribution in [0, 0.1) is 11.3 Å². The molecule has 1 N–H and O–H groups in total. The molecule has 0 aliphatic carbocycles. The number of hydrogen-bond acceptors (Lipinski definition) is 3. The van der Waals surface area contributed by atoms with Gasteiger partial charge in [-0.15, -0.1) is 0 Å². The van der Waals surface area contributed by atoms with Crippen molar-refractivity contribution in [3.63, 3.8) is 0 Å². The van der Waals surface area contributed by atoms with Gasteiger partial charge in [0.1, 0.15) is 0 Å². The van der Waals surface area contributed by atoms with Crippen LogP contribution in [0.2, 0.25) is 0 Å². The average molecular weight is 238 g/mol. The van der Waals surface area contributed by atoms with Crippen LogP contribution in [0.3, 0.4) is 0 Å². The van der Waals surface area contributed by atoms with Gasteiger partial charge in [0.2, 0.25) is 0 Å². The molecule has 0 aromatic carbocycles. The second-order valence-corrected chi connectivity index (χ2v) is 3.40. The fraction of sp³-hybridized carbons (Fsp3) is 0.900. The molecule has 0 aromatic rings. The lowest BCUT2D eigenvalue weighted by molar-refractivity contribution is -0.145. The number of hydrogen-bond donors (Lipinski definition) is 1. The highest BCUT2D eigenvalue weighted by molar-refractivity contribution is 4.89. The number of nitrogens with zero attached hydrogens (tertiary/aromatic N) is 1. The average Bonchev–Trinajstić information content (AvgIpc) is 2.20. The predicted molar refractivity (Wildman–Crippen MR) is 53.8 cm³/mol. The molecule has 0 aliphatic heterocycles. The molecule has 1 atom stereocenters. The summed E-state index contributed by atoms with van der Waals surface area (Å²) in [5.41, 5.74) is 0. The molecule has 94 valence electrons. The SMILES string of the molecule is CCCNC(C#N)CCOCCC(F)(F)F. The molecule has 0 aromatic heterocycles. The van der Waals surface area contributed by atoms with Gasteiger partial charge in [-0.25, -0.2) is 0 Å². The summed E-state index contributed by atoms with van der Waals surface area (Å²) in [6.07, 6.45) is -3.79. The molecule has 16 heavy (non-hydrogen) atoms. The number of nitrogens with one attached hydrogen (secondary N) is 1. The van der Waals surface area contributed by atoms with Gasteiger partial charge in [-0.3, -0.25) is 0 Å². The third-order valence-corrected chi connectivity index (χ3v) is 1.88. The van der Waals surface area contributed by atoms with Gasteiger partial charge in [-0.2, -0.15) is 18.4 Å². The molecule has 0 bridgehead atoms. The van der Waals surface area contributed by atoms with E-state index in [2.05, 4.69) is 5.32 Å². The molecule has 0 spiro atoms. The number of halogens is 3. The van der Waals surface area contributed by atoms with Crippen LogP contribution >= 0.6 is 0 Å². The van der Waals surface area contributed by atoms with Gasteiger partial charge >= 0.3 is 6.18 Å². The lowest BCUT2D eigenvalue weighted by Crippen LogP contribution is -2.29. The summed E-state index contributed by atoms with van der Waals surface area (Å²) in [7, 11) is 0. The fourth-order valence-electron chi connectivity index (χ4n) is 1.02. The van der Waals surface area contributed by atoms with E-state index in [9.17, 15) is 13.2 Å². The van der Waals surface area contributed by atoms with Crippen LogP contribution in [-0.4, -0.2) is 32.0 Å². The Bertz CT molecular complexity index is 213. The quantitative estimate of drug-likeness (QED) is 0.659. The highest BCUT2D eigenvalue weighted by Gasteiger charge is 2.26. The molecule has 0 heterocycles. The minimum Gasteiger partial charge on any atom is -0.381 e. The van der Waals surface area contributed by atoms with Crippen LogP contribution in [0.1, 0.15) is 26.2 Å². The van der Waals surface area contributed by atoms with Crippen molar-refractivity contribution in [3.05, 3.63) is 0 Å². The first-order valence-electron chi connectivity index (χ1n) is 5.27. The minimum absolute atomic E-state index is 0.172. The Labute approximate surface area is 93.6 Å². The topological polar surface area (TPSA) is 45.0 Å². The second-order valence-electron chi connectivity index (χ2n) is 3.40. The van der Waals surface area contributed by atoms with E-state index in [1.165, 1.54) is 0 Å². The van der Waals surface area contributed by atoms with Crippen molar-refractivity contribution < 1.29 is 17.9 Å². The van der Waals surface area contributed by atoms with Crippen molar-refractivity contribution in [2.24, 2.45) is 0 Å². The summed E-state index contributed by atoms with van der Waals surface area (Å²) < 4.78 is 40.0. The molecule has 0 amide bonds. The van der Waals surface area contributed by atoms with Crippen molar-refractivity contribution in [1.29, 1.82) is 5.26 Å². The third-order valence-electron chi connectivity index (χ3n) is 1.88. The van der Waals surface area contributed by atoms with Crippen molar-refractivity contribution in [2.45, 2.75) is 38.4 Å². The minimum atomic E-state index is -4.17. The smallest absolute Gasteiger partial charge is 0.381 e. The zero-order chi connectivity index (χ0) is 12.4. The first-order valence-corrected chi connectivity index (χ1v) is 5.27. The molecule has 0 aliphatic rings. The second kappa shape index (κ2) is 8.36. The Morgan fingerprint density at radius 1 is 1.38 bits per heavy atom. The highest BCUT2D eigenvalue weighted by atomic mass is 19.4. The van der Waals surface area contributed by atoms with Gasteiger partial charge < -0.3 is 10.1 Å². The Hall–Kier alpha value is -0.800. The van der Waals surface area contributed by atoms with Crippen LogP contribution in [-0.2, 0) is 4.74 Å². The summed E-state index contributed by atoms with van der Waals surface area (Å²) in [6, 6.07) is 1.69. The Kier molecular flexibility index (Phi) is 7.95. The Morgan fingerprint density at radius 3 is 2.56 bits per heavy atom. The van der Waals surface area contributed by atoms with Gasteiger partial charge in [0.25, 0.3) is 0 Å². The number of alkyl halides is 3. The van der Waals surface area contributed by atoms with Gasteiger partial charge in [-0.05, 0) is 19.4 Å². The van der Waals surface area contributed by atoms with Crippen LogP contribution in [0.25, 0.3) is 0 Å². The van der Waals surface area contributed by atoms with E-state index in [1.54, 1.807) is 0 Å². The van der Waals surface area contributed by atoms with E-state index in [0.717, 1.165) is 13.0 Å². The zero-order valence-corrected chi connectivity index (χ0v) is 9.31. The maximum absolute atomic E-state index is 11.7. The number of rotatable bonds is 8. The van der Waals surface area contributed by atoms with Crippen LogP contribution in [0.15, 0.2) is 0 Å². The summed E-state index contributed by atoms with van der Waals surface area (Å²) in [5, 5.41) is 11.7. The van der Waals surface area contributed by atoms with Crippen molar-refractivity contribution in [2.75, 3.05) is 19.8 Å². The standard InChI is InChI=1S/C10H17F3N2O/c1-2-5-15-9(8-14)3-6-16-7-4-10(11,12)13/h9,15H,2-7H2,1H3. The van der Waals surface area contributed by atoms with E-state index in [4.69, 9.17) is 10.00 Å². The highest BCUT2D eigenvalue weighted by Crippen LogP contribution is 2.18. The molecule has 3 nitrogen and oxygen atoms in total. The lowest BCUT2D eigenvalue weighted by Gasteiger charge is -2.11. The Morgan fingerprint density at radius 2 is 2.06 bits per heavy atom. The first-order chi connectivity index (χ1) is 7.49. The van der Waals surface area contributed by atoms with Crippen molar-refractivity contribution >= 4 is 0 Å². The van der Waals surface area contributed by atoms with Gasteiger partial charge in [0.15, 0.2) is 0 Å². The molecule has 0 fully saturated rings. The predicted octanol–water partition coefficient (Wildman–Crippen LogP) is 2.24. The molecular formula is C10H17F3N2O. The molecule has 0 saturated carbocycles. The van der Waals surface area contributed by atoms with Gasteiger partial charge in [-0.1, -0.05) is 6.92 Å². The van der Waals surface area contributed by atoms with Crippen LogP contribution < -0.4 is 5.32 Å². The summed E-state index contributed by atoms with van der Waals surface area (Å²) in [6.45, 7) is 2.53. The fourth-order valence-corrected chi connectivity index (χ4v) is 1.02. The molecule has 1 unspecified atom stereocenters. The first kappa shape index (κ1) is 15.2. The maximum Gasteiger partial charge on any atom is 0.391 e. The normalized spacial score (nSPS) is 13.4. The van der Waals surface area contributed by atoms with Gasteiger partial charge in [0, 0.05) is 6.61 Å². The van der Waals surface area contributed by atoms with Crippen molar-refractivity contribution in [1.82, 2.24) is 5.32 Å². The number of nitriles is 1. The molecule has 0 radical (unpaired) electrons. The third kappa shape index (κ3) is 9.74. The summed E-state index contributed by atoms with van der Waals surface area (Å²) in [4.78, 5) is 0. The summed E-state index contributed by atoms with van der Waals surface area (Å²) >= 11 is 0. The van der Waals surface area contributed by atoms with Crippen LogP contribution in [0.5, 0.6) is 0 Å². The zero-order valence-electron chi connectivity index (χ0n) is 9.31. The van der Waals surface area contributed by atoms with Crippen LogP contribution in [0.4, 0.5) is 13.2 Å². The number of ether oxygens (including phenoxy) is 1. The monoisotopic (exact) mass is 238 g/mol. The Balaban J connectivity index is 3.46. The van der Waals surface area contributed by atoms with E-state index >= 15 is 0 Å². The largest absolute Gasteiger partial charge is 0.391 e. The lowest BCUT2D eigenvalue weighted by atomic mass is 10.2.